The monoisotopic (exact) mass is 467 g/mol. The Kier molecular flexibility index (Phi) is 7.63. The van der Waals surface area contributed by atoms with Gasteiger partial charge in [-0.3, -0.25) is 9.59 Å². The van der Waals surface area contributed by atoms with Gasteiger partial charge in [0.1, 0.15) is 17.3 Å². The molecule has 1 N–H and O–H groups in total. The van der Waals surface area contributed by atoms with Gasteiger partial charge in [0.2, 0.25) is 0 Å². The third kappa shape index (κ3) is 5.14. The predicted octanol–water partition coefficient (Wildman–Crippen LogP) is 5.00. The first-order valence-electron chi connectivity index (χ1n) is 11.9. The second kappa shape index (κ2) is 10.8. The van der Waals surface area contributed by atoms with Crippen LogP contribution in [0, 0.1) is 5.82 Å². The highest BCUT2D eigenvalue weighted by Crippen LogP contribution is 2.40. The van der Waals surface area contributed by atoms with Gasteiger partial charge >= 0.3 is 0 Å². The first-order valence-corrected chi connectivity index (χ1v) is 11.9. The molecule has 0 aromatic heterocycles. The van der Waals surface area contributed by atoms with Crippen LogP contribution in [0.3, 0.4) is 0 Å². The molecular formula is C27H30FNO5. The average Bonchev–Trinajstić information content (AvgIpc) is 3.45. The quantitative estimate of drug-likeness (QED) is 0.243. The van der Waals surface area contributed by atoms with Crippen LogP contribution >= 0.6 is 0 Å². The first kappa shape index (κ1) is 24.0. The number of amides is 1. The van der Waals surface area contributed by atoms with Crippen molar-refractivity contribution >= 4 is 17.4 Å². The molecule has 2 heterocycles. The van der Waals surface area contributed by atoms with Gasteiger partial charge in [0.05, 0.1) is 24.3 Å². The molecule has 1 amide bonds. The molecular weight excluding hydrogens is 437 g/mol. The van der Waals surface area contributed by atoms with E-state index in [9.17, 15) is 19.1 Å². The van der Waals surface area contributed by atoms with Crippen LogP contribution in [0.1, 0.15) is 56.2 Å². The van der Waals surface area contributed by atoms with E-state index in [4.69, 9.17) is 9.47 Å². The number of benzene rings is 2. The van der Waals surface area contributed by atoms with Crippen LogP contribution in [0.4, 0.5) is 4.39 Å². The van der Waals surface area contributed by atoms with Gasteiger partial charge in [0, 0.05) is 18.7 Å². The molecule has 2 aromatic carbocycles. The lowest BCUT2D eigenvalue weighted by molar-refractivity contribution is -0.140. The molecule has 0 saturated carbocycles. The zero-order valence-corrected chi connectivity index (χ0v) is 19.3. The summed E-state index contributed by atoms with van der Waals surface area (Å²) < 4.78 is 24.9. The molecule has 2 saturated heterocycles. The number of halogens is 1. The predicted molar refractivity (Wildman–Crippen MR) is 126 cm³/mol. The second-order valence-corrected chi connectivity index (χ2v) is 8.72. The molecule has 2 aromatic rings. The minimum absolute atomic E-state index is 0.00813. The SMILES string of the molecule is CCCCCOc1ccc(C2/C(=C(\O)c3ccc(F)cc3)C(=O)C(=O)N2CC2CCCO2)cc1. The number of hydrogen-bond acceptors (Lipinski definition) is 5. The lowest BCUT2D eigenvalue weighted by Gasteiger charge is -2.27. The molecule has 2 unspecified atom stereocenters. The third-order valence-corrected chi connectivity index (χ3v) is 6.29. The second-order valence-electron chi connectivity index (χ2n) is 8.72. The minimum Gasteiger partial charge on any atom is -0.507 e. The van der Waals surface area contributed by atoms with Crippen molar-refractivity contribution < 1.29 is 28.6 Å². The first-order chi connectivity index (χ1) is 16.5. The van der Waals surface area contributed by atoms with Crippen LogP contribution in [0.5, 0.6) is 5.75 Å². The van der Waals surface area contributed by atoms with E-state index >= 15 is 0 Å². The Morgan fingerprint density at radius 3 is 2.50 bits per heavy atom. The number of nitrogens with zero attached hydrogens (tertiary/aromatic N) is 1. The molecule has 180 valence electrons. The zero-order chi connectivity index (χ0) is 24.1. The molecule has 34 heavy (non-hydrogen) atoms. The van der Waals surface area contributed by atoms with Crippen molar-refractivity contribution in [3.8, 4) is 5.75 Å². The van der Waals surface area contributed by atoms with Gasteiger partial charge in [-0.05, 0) is 61.2 Å². The van der Waals surface area contributed by atoms with Crippen molar-refractivity contribution in [3.05, 3.63) is 71.0 Å². The molecule has 0 bridgehead atoms. The molecule has 2 fully saturated rings. The molecule has 0 radical (unpaired) electrons. The van der Waals surface area contributed by atoms with Gasteiger partial charge in [-0.15, -0.1) is 0 Å². The molecule has 2 aliphatic heterocycles. The summed E-state index contributed by atoms with van der Waals surface area (Å²) in [7, 11) is 0. The summed E-state index contributed by atoms with van der Waals surface area (Å²) >= 11 is 0. The highest BCUT2D eigenvalue weighted by Gasteiger charge is 2.47. The number of unbranched alkanes of at least 4 members (excludes halogenated alkanes) is 2. The molecule has 7 heteroatoms. The number of aliphatic hydroxyl groups is 1. The number of hydrogen-bond donors (Lipinski definition) is 1. The van der Waals surface area contributed by atoms with Gasteiger partial charge in [0.25, 0.3) is 11.7 Å². The fraction of sp³-hybridized carbons (Fsp3) is 0.407. The van der Waals surface area contributed by atoms with E-state index in [-0.39, 0.29) is 29.5 Å². The molecule has 2 atom stereocenters. The summed E-state index contributed by atoms with van der Waals surface area (Å²) in [6.07, 6.45) is 4.72. The van der Waals surface area contributed by atoms with E-state index in [0.29, 0.717) is 24.5 Å². The van der Waals surface area contributed by atoms with E-state index in [2.05, 4.69) is 6.92 Å². The fourth-order valence-electron chi connectivity index (χ4n) is 4.47. The number of Topliss-reactive ketones (excluding diaryl/α,β-unsaturated/α-hetero) is 1. The number of ether oxygens (including phenoxy) is 2. The fourth-order valence-corrected chi connectivity index (χ4v) is 4.47. The van der Waals surface area contributed by atoms with Crippen LogP contribution in [-0.4, -0.2) is 47.6 Å². The summed E-state index contributed by atoms with van der Waals surface area (Å²) in [5.41, 5.74) is 0.949. The third-order valence-electron chi connectivity index (χ3n) is 6.29. The molecule has 4 rings (SSSR count). The smallest absolute Gasteiger partial charge is 0.295 e. The van der Waals surface area contributed by atoms with E-state index in [1.165, 1.54) is 29.2 Å². The van der Waals surface area contributed by atoms with Crippen LogP contribution in [0.15, 0.2) is 54.1 Å². The Morgan fingerprint density at radius 2 is 1.85 bits per heavy atom. The number of rotatable bonds is 9. The van der Waals surface area contributed by atoms with Gasteiger partial charge in [0.15, 0.2) is 0 Å². The zero-order valence-electron chi connectivity index (χ0n) is 19.3. The Bertz CT molecular complexity index is 1040. The maximum Gasteiger partial charge on any atom is 0.295 e. The minimum atomic E-state index is -0.775. The molecule has 2 aliphatic rings. The van der Waals surface area contributed by atoms with E-state index in [1.54, 1.807) is 0 Å². The van der Waals surface area contributed by atoms with Crippen molar-refractivity contribution in [2.45, 2.75) is 51.2 Å². The average molecular weight is 468 g/mol. The Morgan fingerprint density at radius 1 is 1.12 bits per heavy atom. The summed E-state index contributed by atoms with van der Waals surface area (Å²) in [6.45, 7) is 3.63. The van der Waals surface area contributed by atoms with Crippen LogP contribution in [-0.2, 0) is 14.3 Å². The normalized spacial score (nSPS) is 21.9. The lowest BCUT2D eigenvalue weighted by Crippen LogP contribution is -2.36. The molecule has 6 nitrogen and oxygen atoms in total. The Balaban J connectivity index is 1.68. The van der Waals surface area contributed by atoms with Crippen molar-refractivity contribution in [2.24, 2.45) is 0 Å². The van der Waals surface area contributed by atoms with Gasteiger partial charge in [-0.1, -0.05) is 31.9 Å². The summed E-state index contributed by atoms with van der Waals surface area (Å²) in [5, 5.41) is 11.0. The number of likely N-dealkylation sites (tertiary alicyclic amines) is 1. The van der Waals surface area contributed by atoms with Crippen LogP contribution in [0.25, 0.3) is 5.76 Å². The maximum absolute atomic E-state index is 13.4. The van der Waals surface area contributed by atoms with Crippen LogP contribution < -0.4 is 4.74 Å². The molecule has 0 spiro atoms. The van der Waals surface area contributed by atoms with Crippen molar-refractivity contribution in [1.82, 2.24) is 4.90 Å². The highest BCUT2D eigenvalue weighted by molar-refractivity contribution is 6.46. The number of aliphatic hydroxyl groups excluding tert-OH is 1. The van der Waals surface area contributed by atoms with Crippen molar-refractivity contribution in [1.29, 1.82) is 0 Å². The van der Waals surface area contributed by atoms with Crippen molar-refractivity contribution in [2.75, 3.05) is 19.8 Å². The standard InChI is InChI=1S/C27H30FNO5/c1-2-3-4-15-33-21-13-9-18(10-14-21)24-23(25(30)19-7-11-20(28)12-8-19)26(31)27(32)29(24)17-22-6-5-16-34-22/h7-14,22,24,30H,2-6,15-17H2,1H3/b25-23+. The lowest BCUT2D eigenvalue weighted by atomic mass is 9.95. The van der Waals surface area contributed by atoms with E-state index in [1.807, 2.05) is 24.3 Å². The Hall–Kier alpha value is -3.19. The van der Waals surface area contributed by atoms with E-state index in [0.717, 1.165) is 32.1 Å². The summed E-state index contributed by atoms with van der Waals surface area (Å²) in [4.78, 5) is 27.6. The number of carbonyl (C=O) groups excluding carboxylic acids is 2. The Labute approximate surface area is 199 Å². The van der Waals surface area contributed by atoms with Crippen molar-refractivity contribution in [3.63, 3.8) is 0 Å². The summed E-state index contributed by atoms with van der Waals surface area (Å²) in [5.74, 6) is -1.51. The number of carbonyl (C=O) groups is 2. The highest BCUT2D eigenvalue weighted by atomic mass is 19.1. The van der Waals surface area contributed by atoms with Crippen LogP contribution in [0.2, 0.25) is 0 Å². The largest absolute Gasteiger partial charge is 0.507 e. The van der Waals surface area contributed by atoms with Gasteiger partial charge in [-0.2, -0.15) is 0 Å². The van der Waals surface area contributed by atoms with Gasteiger partial charge in [-0.25, -0.2) is 4.39 Å². The maximum atomic E-state index is 13.4. The number of ketones is 1. The summed E-state index contributed by atoms with van der Waals surface area (Å²) in [6, 6.07) is 11.7. The van der Waals surface area contributed by atoms with Gasteiger partial charge < -0.3 is 19.5 Å². The van der Waals surface area contributed by atoms with E-state index < -0.39 is 23.5 Å². The topological polar surface area (TPSA) is 76.1 Å². The molecule has 0 aliphatic carbocycles.